The van der Waals surface area contributed by atoms with E-state index in [2.05, 4.69) is 12.2 Å². The fourth-order valence-corrected chi connectivity index (χ4v) is 2.69. The van der Waals surface area contributed by atoms with Gasteiger partial charge in [-0.3, -0.25) is 9.59 Å². The number of hydrogen-bond donors (Lipinski definition) is 1. The van der Waals surface area contributed by atoms with E-state index in [0.717, 1.165) is 38.6 Å². The van der Waals surface area contributed by atoms with Crippen molar-refractivity contribution in [2.75, 3.05) is 13.1 Å². The summed E-state index contributed by atoms with van der Waals surface area (Å²) in [4.78, 5) is 25.7. The molecule has 2 amide bonds. The van der Waals surface area contributed by atoms with Crippen LogP contribution >= 0.6 is 0 Å². The van der Waals surface area contributed by atoms with E-state index >= 15 is 0 Å². The Morgan fingerprint density at radius 3 is 2.78 bits per heavy atom. The van der Waals surface area contributed by atoms with E-state index in [1.54, 1.807) is 0 Å². The normalized spacial score (nSPS) is 24.2. The Labute approximate surface area is 109 Å². The molecule has 1 saturated heterocycles. The van der Waals surface area contributed by atoms with Crippen LogP contribution in [-0.2, 0) is 9.59 Å². The average molecular weight is 252 g/mol. The number of unbranched alkanes of at least 4 members (excludes halogenated alkanes) is 2. The van der Waals surface area contributed by atoms with Crippen LogP contribution < -0.4 is 5.32 Å². The number of likely N-dealkylation sites (tertiary alicyclic amines) is 1. The summed E-state index contributed by atoms with van der Waals surface area (Å²) in [5, 5.41) is 2.96. The molecule has 1 atom stereocenters. The molecule has 1 N–H and O–H groups in total. The Morgan fingerprint density at radius 2 is 2.17 bits per heavy atom. The first-order valence-corrected chi connectivity index (χ1v) is 7.29. The molecule has 0 aromatic carbocycles. The summed E-state index contributed by atoms with van der Waals surface area (Å²) in [5.74, 6) is 0.134. The molecule has 4 nitrogen and oxygen atoms in total. The lowest BCUT2D eigenvalue weighted by Gasteiger charge is -2.34. The molecule has 1 saturated carbocycles. The molecule has 18 heavy (non-hydrogen) atoms. The average Bonchev–Trinajstić information content (AvgIpc) is 2.65. The van der Waals surface area contributed by atoms with Crippen LogP contribution in [0.5, 0.6) is 0 Å². The van der Waals surface area contributed by atoms with E-state index in [9.17, 15) is 9.59 Å². The number of amides is 2. The molecule has 1 aliphatic carbocycles. The molecular formula is C14H24N2O2. The van der Waals surface area contributed by atoms with Crippen molar-refractivity contribution in [2.45, 2.75) is 57.9 Å². The Balaban J connectivity index is 1.73. The SMILES string of the molecule is CCCCCNC(=O)C1CC(=O)N(C2CCC2)C1. The Bertz CT molecular complexity index is 313. The predicted molar refractivity (Wildman–Crippen MR) is 70.0 cm³/mol. The van der Waals surface area contributed by atoms with Gasteiger partial charge in [0.15, 0.2) is 0 Å². The van der Waals surface area contributed by atoms with Gasteiger partial charge in [-0.1, -0.05) is 19.8 Å². The molecule has 1 aliphatic heterocycles. The minimum atomic E-state index is -0.111. The topological polar surface area (TPSA) is 49.4 Å². The molecule has 0 radical (unpaired) electrons. The zero-order chi connectivity index (χ0) is 13.0. The van der Waals surface area contributed by atoms with E-state index in [0.29, 0.717) is 19.0 Å². The van der Waals surface area contributed by atoms with Crippen molar-refractivity contribution < 1.29 is 9.59 Å². The van der Waals surface area contributed by atoms with E-state index in [4.69, 9.17) is 0 Å². The first-order chi connectivity index (χ1) is 8.72. The fourth-order valence-electron chi connectivity index (χ4n) is 2.69. The van der Waals surface area contributed by atoms with Gasteiger partial charge in [-0.2, -0.15) is 0 Å². The second-order valence-corrected chi connectivity index (χ2v) is 5.53. The minimum Gasteiger partial charge on any atom is -0.356 e. The van der Waals surface area contributed by atoms with Gasteiger partial charge in [0.1, 0.15) is 0 Å². The number of carbonyl (C=O) groups is 2. The molecule has 1 unspecified atom stereocenters. The molecule has 102 valence electrons. The standard InChI is InChI=1S/C14H24N2O2/c1-2-3-4-8-15-14(18)11-9-13(17)16(10-11)12-6-5-7-12/h11-12H,2-10H2,1H3,(H,15,18). The van der Waals surface area contributed by atoms with Crippen LogP contribution in [-0.4, -0.2) is 35.8 Å². The van der Waals surface area contributed by atoms with Gasteiger partial charge >= 0.3 is 0 Å². The van der Waals surface area contributed by atoms with Crippen LogP contribution in [0.4, 0.5) is 0 Å². The van der Waals surface area contributed by atoms with Gasteiger partial charge in [-0.05, 0) is 25.7 Å². The minimum absolute atomic E-state index is 0.0706. The van der Waals surface area contributed by atoms with E-state index in [1.165, 1.54) is 6.42 Å². The molecular weight excluding hydrogens is 228 g/mol. The molecule has 4 heteroatoms. The summed E-state index contributed by atoms with van der Waals surface area (Å²) in [6.07, 6.45) is 7.23. The lowest BCUT2D eigenvalue weighted by atomic mass is 9.92. The summed E-state index contributed by atoms with van der Waals surface area (Å²) in [6, 6.07) is 0.426. The fraction of sp³-hybridized carbons (Fsp3) is 0.857. The summed E-state index contributed by atoms with van der Waals surface area (Å²) in [7, 11) is 0. The Kier molecular flexibility index (Phi) is 4.61. The van der Waals surface area contributed by atoms with Crippen LogP contribution in [0.1, 0.15) is 51.9 Å². The Hall–Kier alpha value is -1.06. The summed E-state index contributed by atoms with van der Waals surface area (Å²) in [6.45, 7) is 3.54. The van der Waals surface area contributed by atoms with Gasteiger partial charge in [0.2, 0.25) is 11.8 Å². The third kappa shape index (κ3) is 3.03. The second kappa shape index (κ2) is 6.21. The highest BCUT2D eigenvalue weighted by atomic mass is 16.2. The van der Waals surface area contributed by atoms with Crippen molar-refractivity contribution in [1.82, 2.24) is 10.2 Å². The van der Waals surface area contributed by atoms with Crippen molar-refractivity contribution in [3.63, 3.8) is 0 Å². The quantitative estimate of drug-likeness (QED) is 0.731. The van der Waals surface area contributed by atoms with Crippen molar-refractivity contribution >= 4 is 11.8 Å². The van der Waals surface area contributed by atoms with Gasteiger partial charge in [0.05, 0.1) is 5.92 Å². The first-order valence-electron chi connectivity index (χ1n) is 7.29. The summed E-state index contributed by atoms with van der Waals surface area (Å²) < 4.78 is 0. The van der Waals surface area contributed by atoms with Gasteiger partial charge in [-0.25, -0.2) is 0 Å². The van der Waals surface area contributed by atoms with Crippen LogP contribution in [0.2, 0.25) is 0 Å². The zero-order valence-electron chi connectivity index (χ0n) is 11.3. The number of hydrogen-bond acceptors (Lipinski definition) is 2. The largest absolute Gasteiger partial charge is 0.356 e. The third-order valence-corrected chi connectivity index (χ3v) is 4.12. The van der Waals surface area contributed by atoms with Gasteiger partial charge in [-0.15, -0.1) is 0 Å². The molecule has 2 aliphatic rings. The molecule has 0 aromatic heterocycles. The maximum atomic E-state index is 11.9. The van der Waals surface area contributed by atoms with Crippen molar-refractivity contribution in [3.05, 3.63) is 0 Å². The third-order valence-electron chi connectivity index (χ3n) is 4.12. The van der Waals surface area contributed by atoms with Gasteiger partial charge in [0, 0.05) is 25.6 Å². The molecule has 2 fully saturated rings. The van der Waals surface area contributed by atoms with Crippen LogP contribution in [0, 0.1) is 5.92 Å². The molecule has 0 spiro atoms. The molecule has 2 rings (SSSR count). The van der Waals surface area contributed by atoms with E-state index in [1.807, 2.05) is 4.90 Å². The van der Waals surface area contributed by atoms with Crippen molar-refractivity contribution in [1.29, 1.82) is 0 Å². The molecule has 1 heterocycles. The monoisotopic (exact) mass is 252 g/mol. The number of nitrogens with one attached hydrogen (secondary N) is 1. The smallest absolute Gasteiger partial charge is 0.225 e. The zero-order valence-corrected chi connectivity index (χ0v) is 11.3. The van der Waals surface area contributed by atoms with Crippen LogP contribution in [0.3, 0.4) is 0 Å². The van der Waals surface area contributed by atoms with Crippen molar-refractivity contribution in [2.24, 2.45) is 5.92 Å². The number of rotatable bonds is 6. The highest BCUT2D eigenvalue weighted by molar-refractivity contribution is 5.89. The predicted octanol–water partition coefficient (Wildman–Crippen LogP) is 1.69. The molecule has 0 aromatic rings. The highest BCUT2D eigenvalue weighted by Crippen LogP contribution is 2.30. The maximum absolute atomic E-state index is 11.9. The second-order valence-electron chi connectivity index (χ2n) is 5.53. The molecule has 0 bridgehead atoms. The van der Waals surface area contributed by atoms with E-state index < -0.39 is 0 Å². The van der Waals surface area contributed by atoms with Gasteiger partial charge < -0.3 is 10.2 Å². The number of nitrogens with zero attached hydrogens (tertiary/aromatic N) is 1. The lowest BCUT2D eigenvalue weighted by molar-refractivity contribution is -0.131. The van der Waals surface area contributed by atoms with Crippen LogP contribution in [0.15, 0.2) is 0 Å². The van der Waals surface area contributed by atoms with Crippen LogP contribution in [0.25, 0.3) is 0 Å². The van der Waals surface area contributed by atoms with E-state index in [-0.39, 0.29) is 17.7 Å². The Morgan fingerprint density at radius 1 is 1.39 bits per heavy atom. The lowest BCUT2D eigenvalue weighted by Crippen LogP contribution is -2.42. The summed E-state index contributed by atoms with van der Waals surface area (Å²) >= 11 is 0. The highest BCUT2D eigenvalue weighted by Gasteiger charge is 2.39. The summed E-state index contributed by atoms with van der Waals surface area (Å²) in [5.41, 5.74) is 0. The first kappa shape index (κ1) is 13.4. The number of carbonyl (C=O) groups excluding carboxylic acids is 2. The van der Waals surface area contributed by atoms with Crippen molar-refractivity contribution in [3.8, 4) is 0 Å². The van der Waals surface area contributed by atoms with Gasteiger partial charge in [0.25, 0.3) is 0 Å². The maximum Gasteiger partial charge on any atom is 0.225 e.